The number of hydrogen-bond donors (Lipinski definition) is 2. The predicted molar refractivity (Wildman–Crippen MR) is 98.9 cm³/mol. The van der Waals surface area contributed by atoms with Gasteiger partial charge in [-0.1, -0.05) is 0 Å². The van der Waals surface area contributed by atoms with E-state index in [0.29, 0.717) is 43.7 Å². The standard InChI is InChI=1S/C19H24N2O6/c1-19(2,3)27-18(25)21-6-4-20(5-7-21)11-12-8-17(24)26-16-10-15(23)14(22)9-13(12)16/h8-10,22-23H,4-7,11H2,1-3H3. The van der Waals surface area contributed by atoms with Crippen LogP contribution in [0.3, 0.4) is 0 Å². The molecule has 0 saturated carbocycles. The molecule has 0 aliphatic carbocycles. The molecule has 0 radical (unpaired) electrons. The average Bonchev–Trinajstić information content (AvgIpc) is 2.55. The normalized spacial score (nSPS) is 15.9. The molecule has 27 heavy (non-hydrogen) atoms. The minimum absolute atomic E-state index is 0.222. The van der Waals surface area contributed by atoms with Gasteiger partial charge in [0.2, 0.25) is 0 Å². The number of piperazine rings is 1. The van der Waals surface area contributed by atoms with Crippen LogP contribution in [-0.4, -0.2) is 57.9 Å². The quantitative estimate of drug-likeness (QED) is 0.612. The van der Waals surface area contributed by atoms with Crippen molar-refractivity contribution < 1.29 is 24.2 Å². The highest BCUT2D eigenvalue weighted by atomic mass is 16.6. The van der Waals surface area contributed by atoms with Crippen molar-refractivity contribution in [1.82, 2.24) is 9.80 Å². The Hall–Kier alpha value is -2.74. The van der Waals surface area contributed by atoms with Crippen molar-refractivity contribution in [2.45, 2.75) is 32.9 Å². The van der Waals surface area contributed by atoms with Crippen LogP contribution in [0.1, 0.15) is 26.3 Å². The number of benzene rings is 1. The van der Waals surface area contributed by atoms with Gasteiger partial charge >= 0.3 is 11.7 Å². The predicted octanol–water partition coefficient (Wildman–Crippen LogP) is 2.26. The fourth-order valence-electron chi connectivity index (χ4n) is 3.04. The summed E-state index contributed by atoms with van der Waals surface area (Å²) in [5.74, 6) is -0.610. The third-order valence-electron chi connectivity index (χ3n) is 4.34. The van der Waals surface area contributed by atoms with Crippen LogP contribution in [0.5, 0.6) is 11.5 Å². The van der Waals surface area contributed by atoms with Gasteiger partial charge in [-0.3, -0.25) is 4.90 Å². The number of aromatic hydroxyl groups is 2. The van der Waals surface area contributed by atoms with Crippen LogP contribution >= 0.6 is 0 Å². The highest BCUT2D eigenvalue weighted by Crippen LogP contribution is 2.31. The van der Waals surface area contributed by atoms with Crippen molar-refractivity contribution >= 4 is 17.1 Å². The van der Waals surface area contributed by atoms with Crippen molar-refractivity contribution in [3.63, 3.8) is 0 Å². The SMILES string of the molecule is CC(C)(C)OC(=O)N1CCN(Cc2cc(=O)oc3cc(O)c(O)cc23)CC1. The lowest BCUT2D eigenvalue weighted by molar-refractivity contribution is 0.0139. The van der Waals surface area contributed by atoms with E-state index in [-0.39, 0.29) is 23.2 Å². The van der Waals surface area contributed by atoms with E-state index in [1.807, 2.05) is 20.8 Å². The molecule has 3 rings (SSSR count). The number of nitrogens with zero attached hydrogens (tertiary/aromatic N) is 2. The number of ether oxygens (including phenoxy) is 1. The second kappa shape index (κ2) is 7.11. The Morgan fingerprint density at radius 3 is 2.37 bits per heavy atom. The zero-order chi connectivity index (χ0) is 19.8. The van der Waals surface area contributed by atoms with Crippen molar-refractivity contribution in [1.29, 1.82) is 0 Å². The van der Waals surface area contributed by atoms with E-state index >= 15 is 0 Å². The lowest BCUT2D eigenvalue weighted by atomic mass is 10.1. The summed E-state index contributed by atoms with van der Waals surface area (Å²) in [6.07, 6.45) is -0.326. The first-order chi connectivity index (χ1) is 12.6. The van der Waals surface area contributed by atoms with E-state index in [4.69, 9.17) is 9.15 Å². The van der Waals surface area contributed by atoms with Crippen molar-refractivity contribution in [2.24, 2.45) is 0 Å². The lowest BCUT2D eigenvalue weighted by Crippen LogP contribution is -2.49. The van der Waals surface area contributed by atoms with Crippen LogP contribution in [0.15, 0.2) is 27.4 Å². The molecule has 1 saturated heterocycles. The molecular weight excluding hydrogens is 352 g/mol. The molecule has 1 aliphatic heterocycles. The number of carbonyl (C=O) groups excluding carboxylic acids is 1. The van der Waals surface area contributed by atoms with E-state index in [0.717, 1.165) is 0 Å². The van der Waals surface area contributed by atoms with Gasteiger partial charge < -0.3 is 24.3 Å². The second-order valence-corrected chi connectivity index (χ2v) is 7.67. The number of fused-ring (bicyclic) bond motifs is 1. The number of hydrogen-bond acceptors (Lipinski definition) is 7. The summed E-state index contributed by atoms with van der Waals surface area (Å²) in [7, 11) is 0. The molecule has 1 aromatic carbocycles. The van der Waals surface area contributed by atoms with Crippen LogP contribution in [0.4, 0.5) is 4.79 Å². The minimum atomic E-state index is -0.529. The zero-order valence-electron chi connectivity index (χ0n) is 15.7. The molecule has 1 aliphatic rings. The monoisotopic (exact) mass is 376 g/mol. The third kappa shape index (κ3) is 4.51. The number of rotatable bonds is 2. The first-order valence-corrected chi connectivity index (χ1v) is 8.81. The van der Waals surface area contributed by atoms with Gasteiger partial charge in [-0.15, -0.1) is 0 Å². The lowest BCUT2D eigenvalue weighted by Gasteiger charge is -2.35. The fraction of sp³-hybridized carbons (Fsp3) is 0.474. The molecule has 0 bridgehead atoms. The van der Waals surface area contributed by atoms with Gasteiger partial charge in [0.25, 0.3) is 0 Å². The van der Waals surface area contributed by atoms with Crippen LogP contribution in [0.25, 0.3) is 11.0 Å². The molecule has 0 atom stereocenters. The molecule has 8 nitrogen and oxygen atoms in total. The van der Waals surface area contributed by atoms with E-state index in [2.05, 4.69) is 4.90 Å². The zero-order valence-corrected chi connectivity index (χ0v) is 15.7. The van der Waals surface area contributed by atoms with Gasteiger partial charge in [0.15, 0.2) is 11.5 Å². The summed E-state index contributed by atoms with van der Waals surface area (Å²) in [5.41, 5.74) is -0.129. The van der Waals surface area contributed by atoms with Gasteiger partial charge in [-0.2, -0.15) is 0 Å². The van der Waals surface area contributed by atoms with Crippen molar-refractivity contribution in [3.05, 3.63) is 34.2 Å². The summed E-state index contributed by atoms with van der Waals surface area (Å²) in [5, 5.41) is 19.9. The molecule has 1 aromatic heterocycles. The molecule has 146 valence electrons. The molecule has 0 spiro atoms. The minimum Gasteiger partial charge on any atom is -0.504 e. The van der Waals surface area contributed by atoms with Gasteiger partial charge in [0.1, 0.15) is 11.2 Å². The van der Waals surface area contributed by atoms with Crippen molar-refractivity contribution in [2.75, 3.05) is 26.2 Å². The summed E-state index contributed by atoms with van der Waals surface area (Å²) in [4.78, 5) is 27.7. The first kappa shape index (κ1) is 19.0. The third-order valence-corrected chi connectivity index (χ3v) is 4.34. The largest absolute Gasteiger partial charge is 0.504 e. The van der Waals surface area contributed by atoms with E-state index < -0.39 is 11.2 Å². The number of carbonyl (C=O) groups is 1. The van der Waals surface area contributed by atoms with Gasteiger partial charge in [0.05, 0.1) is 0 Å². The van der Waals surface area contributed by atoms with E-state index in [1.165, 1.54) is 18.2 Å². The molecular formula is C19H24N2O6. The second-order valence-electron chi connectivity index (χ2n) is 7.67. The molecule has 1 amide bonds. The number of phenolic OH excluding ortho intramolecular Hbond substituents is 2. The molecule has 2 heterocycles. The average molecular weight is 376 g/mol. The maximum absolute atomic E-state index is 12.1. The van der Waals surface area contributed by atoms with Gasteiger partial charge in [0, 0.05) is 50.2 Å². The molecule has 0 unspecified atom stereocenters. The summed E-state index contributed by atoms with van der Waals surface area (Å²) < 4.78 is 10.5. The van der Waals surface area contributed by atoms with Crippen LogP contribution in [0.2, 0.25) is 0 Å². The number of phenols is 2. The Kier molecular flexibility index (Phi) is 5.01. The van der Waals surface area contributed by atoms with Gasteiger partial charge in [-0.05, 0) is 32.4 Å². The summed E-state index contributed by atoms with van der Waals surface area (Å²) in [6.45, 7) is 8.28. The highest BCUT2D eigenvalue weighted by Gasteiger charge is 2.26. The van der Waals surface area contributed by atoms with Crippen LogP contribution in [0, 0.1) is 0 Å². The Morgan fingerprint density at radius 2 is 1.74 bits per heavy atom. The fourth-order valence-corrected chi connectivity index (χ4v) is 3.04. The van der Waals surface area contributed by atoms with E-state index in [9.17, 15) is 19.8 Å². The van der Waals surface area contributed by atoms with Gasteiger partial charge in [-0.25, -0.2) is 9.59 Å². The number of amides is 1. The summed E-state index contributed by atoms with van der Waals surface area (Å²) >= 11 is 0. The highest BCUT2D eigenvalue weighted by molar-refractivity contribution is 5.83. The van der Waals surface area contributed by atoms with Crippen LogP contribution in [-0.2, 0) is 11.3 Å². The maximum Gasteiger partial charge on any atom is 0.410 e. The van der Waals surface area contributed by atoms with E-state index in [1.54, 1.807) is 4.90 Å². The molecule has 2 aromatic rings. The smallest absolute Gasteiger partial charge is 0.410 e. The topological polar surface area (TPSA) is 103 Å². The molecule has 2 N–H and O–H groups in total. The first-order valence-electron chi connectivity index (χ1n) is 8.81. The van der Waals surface area contributed by atoms with Crippen LogP contribution < -0.4 is 5.63 Å². The maximum atomic E-state index is 12.1. The summed E-state index contributed by atoms with van der Waals surface area (Å²) in [6, 6.07) is 4.01. The Labute approximate surface area is 156 Å². The molecule has 8 heteroatoms. The Balaban J connectivity index is 1.72. The Bertz CT molecular complexity index is 907. The van der Waals surface area contributed by atoms with Crippen molar-refractivity contribution in [3.8, 4) is 11.5 Å². The Morgan fingerprint density at radius 1 is 1.11 bits per heavy atom. The molecule has 1 fully saturated rings.